The fourth-order valence-electron chi connectivity index (χ4n) is 0.916. The maximum Gasteiger partial charge on any atom is 0.340 e. The van der Waals surface area contributed by atoms with Crippen LogP contribution in [0.25, 0.3) is 0 Å². The van der Waals surface area contributed by atoms with Gasteiger partial charge in [-0.3, -0.25) is 0 Å². The van der Waals surface area contributed by atoms with Gasteiger partial charge in [0.2, 0.25) is 10.0 Å². The van der Waals surface area contributed by atoms with E-state index in [1.807, 2.05) is 0 Å². The van der Waals surface area contributed by atoms with Gasteiger partial charge in [0.05, 0.1) is 24.2 Å². The van der Waals surface area contributed by atoms with Crippen molar-refractivity contribution >= 4 is 27.7 Å². The van der Waals surface area contributed by atoms with Crippen molar-refractivity contribution in [1.82, 2.24) is 15.0 Å². The van der Waals surface area contributed by atoms with Crippen LogP contribution in [0, 0.1) is 4.91 Å². The fraction of sp³-hybridized carbons (Fsp3) is 0.857. The zero-order valence-electron chi connectivity index (χ0n) is 9.50. The average molecular weight is 303 g/mol. The predicted octanol–water partition coefficient (Wildman–Crippen LogP) is -1.17. The van der Waals surface area contributed by atoms with Gasteiger partial charge in [-0.05, 0) is 0 Å². The largest absolute Gasteiger partial charge is 0.395 e. The molecule has 3 N–H and O–H groups in total. The first kappa shape index (κ1) is 17.0. The van der Waals surface area contributed by atoms with Crippen molar-refractivity contribution in [2.24, 2.45) is 5.29 Å². The molecule has 0 aromatic rings. The third-order valence-electron chi connectivity index (χ3n) is 1.71. The van der Waals surface area contributed by atoms with E-state index in [0.717, 1.165) is 0 Å². The molecule has 2 amide bonds. The van der Waals surface area contributed by atoms with E-state index in [0.29, 0.717) is 5.01 Å². The summed E-state index contributed by atoms with van der Waals surface area (Å²) in [5.41, 5.74) is 0. The van der Waals surface area contributed by atoms with E-state index in [-0.39, 0.29) is 37.9 Å². The summed E-state index contributed by atoms with van der Waals surface area (Å²) in [6.45, 7) is -0.658. The number of rotatable bonds is 9. The van der Waals surface area contributed by atoms with E-state index >= 15 is 0 Å². The Morgan fingerprint density at radius 1 is 1.39 bits per heavy atom. The minimum absolute atomic E-state index is 0.0372. The topological polar surface area (TPSA) is 128 Å². The van der Waals surface area contributed by atoms with Crippen LogP contribution in [0.3, 0.4) is 0 Å². The summed E-state index contributed by atoms with van der Waals surface area (Å²) in [5.74, 6) is -0.332. The van der Waals surface area contributed by atoms with Crippen LogP contribution >= 0.6 is 11.6 Å². The number of carbonyl (C=O) groups excluding carboxylic acids is 1. The van der Waals surface area contributed by atoms with E-state index in [1.54, 1.807) is 0 Å². The normalized spacial score (nSPS) is 11.0. The second-order valence-corrected chi connectivity index (χ2v) is 5.37. The van der Waals surface area contributed by atoms with Gasteiger partial charge < -0.3 is 10.4 Å². The highest BCUT2D eigenvalue weighted by atomic mass is 35.5. The summed E-state index contributed by atoms with van der Waals surface area (Å²) < 4.78 is 24.6. The second-order valence-electron chi connectivity index (χ2n) is 3.06. The molecule has 0 radical (unpaired) electrons. The highest BCUT2D eigenvalue weighted by Crippen LogP contribution is 1.92. The Bertz CT molecular complexity index is 363. The molecule has 0 heterocycles. The van der Waals surface area contributed by atoms with Crippen LogP contribution in [0.1, 0.15) is 0 Å². The van der Waals surface area contributed by atoms with Crippen molar-refractivity contribution in [1.29, 1.82) is 0 Å². The van der Waals surface area contributed by atoms with Gasteiger partial charge in [0.15, 0.2) is 0 Å². The number of aliphatic hydroxyl groups excluding tert-OH is 1. The molecule has 18 heavy (non-hydrogen) atoms. The summed E-state index contributed by atoms with van der Waals surface area (Å²) >= 11 is 5.33. The first-order valence-corrected chi connectivity index (χ1v) is 7.18. The third-order valence-corrected chi connectivity index (χ3v) is 3.26. The van der Waals surface area contributed by atoms with Gasteiger partial charge >= 0.3 is 6.03 Å². The van der Waals surface area contributed by atoms with Gasteiger partial charge in [-0.1, -0.05) is 0 Å². The molecule has 11 heteroatoms. The maximum absolute atomic E-state index is 11.3. The Hall–Kier alpha value is -0.970. The number of nitrogens with one attached hydrogen (secondary N) is 2. The molecule has 106 valence electrons. The number of amides is 2. The lowest BCUT2D eigenvalue weighted by Gasteiger charge is -2.12. The summed E-state index contributed by atoms with van der Waals surface area (Å²) in [5, 5.41) is 13.6. The van der Waals surface area contributed by atoms with Gasteiger partial charge in [-0.15, -0.1) is 16.5 Å². The van der Waals surface area contributed by atoms with Crippen LogP contribution in [0.2, 0.25) is 0 Å². The van der Waals surface area contributed by atoms with E-state index in [2.05, 4.69) is 15.3 Å². The maximum atomic E-state index is 11.3. The number of urea groups is 1. The molecule has 9 nitrogen and oxygen atoms in total. The van der Waals surface area contributed by atoms with Gasteiger partial charge in [0.25, 0.3) is 0 Å². The molecule has 0 aliphatic carbocycles. The van der Waals surface area contributed by atoms with Gasteiger partial charge in [0, 0.05) is 19.0 Å². The number of sulfonamides is 1. The zero-order valence-corrected chi connectivity index (χ0v) is 11.1. The molecule has 0 saturated heterocycles. The third kappa shape index (κ3) is 7.37. The first-order valence-electron chi connectivity index (χ1n) is 4.99. The molecular formula is C7H15ClN4O5S. The van der Waals surface area contributed by atoms with Crippen LogP contribution in [-0.4, -0.2) is 62.4 Å². The van der Waals surface area contributed by atoms with Crippen molar-refractivity contribution in [3.8, 4) is 0 Å². The Kier molecular flexibility index (Phi) is 8.54. The Morgan fingerprint density at radius 3 is 2.56 bits per heavy atom. The molecule has 0 saturated carbocycles. The summed E-state index contributed by atoms with van der Waals surface area (Å²) in [7, 11) is -3.56. The molecule has 0 spiro atoms. The summed E-state index contributed by atoms with van der Waals surface area (Å²) in [6, 6.07) is -0.817. The molecular weight excluding hydrogens is 288 g/mol. The van der Waals surface area contributed by atoms with E-state index in [4.69, 9.17) is 16.7 Å². The number of hydrogen-bond donors (Lipinski definition) is 3. The van der Waals surface area contributed by atoms with Crippen molar-refractivity contribution in [2.75, 3.05) is 37.9 Å². The highest BCUT2D eigenvalue weighted by molar-refractivity contribution is 7.89. The standard InChI is InChI=1S/C7H15ClN4O5S/c8-1-4-12(11-15)7(14)9-3-6-18(16,17)10-2-5-13/h10,13H,1-6H2,(H,9,14). The number of halogens is 1. The molecule has 0 aromatic carbocycles. The quantitative estimate of drug-likeness (QED) is 0.281. The lowest BCUT2D eigenvalue weighted by Crippen LogP contribution is -2.41. The smallest absolute Gasteiger partial charge is 0.340 e. The lowest BCUT2D eigenvalue weighted by molar-refractivity contribution is 0.203. The Balaban J connectivity index is 4.03. The van der Waals surface area contributed by atoms with Crippen LogP contribution in [0.4, 0.5) is 4.79 Å². The highest BCUT2D eigenvalue weighted by Gasteiger charge is 2.14. The number of nitrogens with zero attached hydrogens (tertiary/aromatic N) is 2. The van der Waals surface area contributed by atoms with E-state index in [9.17, 15) is 18.1 Å². The number of hydrogen-bond acceptors (Lipinski definition) is 6. The predicted molar refractivity (Wildman–Crippen MR) is 65.5 cm³/mol. The molecule has 0 bridgehead atoms. The molecule has 0 aliphatic rings. The van der Waals surface area contributed by atoms with E-state index < -0.39 is 16.1 Å². The van der Waals surface area contributed by atoms with Crippen molar-refractivity contribution < 1.29 is 18.3 Å². The Labute approximate surface area is 109 Å². The summed E-state index contributed by atoms with van der Waals surface area (Å²) in [6.07, 6.45) is 0. The average Bonchev–Trinajstić information content (AvgIpc) is 2.33. The number of aliphatic hydroxyl groups is 1. The van der Waals surface area contributed by atoms with Crippen LogP contribution in [-0.2, 0) is 10.0 Å². The number of alkyl halides is 1. The number of nitroso groups, excluding NO2 is 1. The lowest BCUT2D eigenvalue weighted by atomic mass is 10.6. The minimum Gasteiger partial charge on any atom is -0.395 e. The number of carbonyl (C=O) groups is 1. The molecule has 0 aromatic heterocycles. The summed E-state index contributed by atoms with van der Waals surface area (Å²) in [4.78, 5) is 21.5. The first-order chi connectivity index (χ1) is 8.46. The van der Waals surface area contributed by atoms with Crippen LogP contribution in [0.5, 0.6) is 0 Å². The fourth-order valence-corrected chi connectivity index (χ4v) is 1.99. The molecule has 0 fully saturated rings. The monoisotopic (exact) mass is 302 g/mol. The SMILES string of the molecule is O=NN(CCCl)C(=O)NCCS(=O)(=O)NCCO. The van der Waals surface area contributed by atoms with Gasteiger partial charge in [-0.2, -0.15) is 5.01 Å². The second kappa shape index (κ2) is 9.03. The zero-order chi connectivity index (χ0) is 14.0. The van der Waals surface area contributed by atoms with Crippen molar-refractivity contribution in [2.45, 2.75) is 0 Å². The Morgan fingerprint density at radius 2 is 2.06 bits per heavy atom. The van der Waals surface area contributed by atoms with Crippen LogP contribution in [0.15, 0.2) is 5.29 Å². The molecule has 0 rings (SSSR count). The molecule has 0 atom stereocenters. The van der Waals surface area contributed by atoms with E-state index in [1.165, 1.54) is 0 Å². The van der Waals surface area contributed by atoms with Gasteiger partial charge in [0.1, 0.15) is 0 Å². The minimum atomic E-state index is -3.56. The van der Waals surface area contributed by atoms with Crippen molar-refractivity contribution in [3.05, 3.63) is 4.91 Å². The van der Waals surface area contributed by atoms with Crippen LogP contribution < -0.4 is 10.0 Å². The molecule has 0 unspecified atom stereocenters. The molecule has 0 aliphatic heterocycles. The van der Waals surface area contributed by atoms with Gasteiger partial charge in [-0.25, -0.2) is 17.9 Å². The van der Waals surface area contributed by atoms with Crippen molar-refractivity contribution in [3.63, 3.8) is 0 Å².